The van der Waals surface area contributed by atoms with Crippen LogP contribution in [0.2, 0.25) is 0 Å². The molecule has 0 bridgehead atoms. The van der Waals surface area contributed by atoms with Crippen molar-refractivity contribution in [2.24, 2.45) is 5.92 Å². The first-order valence-corrected chi connectivity index (χ1v) is 6.87. The van der Waals surface area contributed by atoms with Crippen LogP contribution >= 0.6 is 0 Å². The molecule has 2 amide bonds. The molecule has 1 N–H and O–H groups in total. The lowest BCUT2D eigenvalue weighted by Crippen LogP contribution is -2.34. The van der Waals surface area contributed by atoms with Gasteiger partial charge in [-0.15, -0.1) is 0 Å². The highest BCUT2D eigenvalue weighted by Gasteiger charge is 2.33. The van der Waals surface area contributed by atoms with Crippen molar-refractivity contribution in [2.75, 3.05) is 40.5 Å². The molecule has 7 heteroatoms. The number of methoxy groups -OCH3 is 2. The van der Waals surface area contributed by atoms with Gasteiger partial charge in [0, 0.05) is 39.2 Å². The number of nitrogens with zero attached hydrogens (tertiary/aromatic N) is 1. The first kappa shape index (κ1) is 17.2. The summed E-state index contributed by atoms with van der Waals surface area (Å²) in [6, 6.07) is 0. The molecule has 0 aromatic rings. The molecule has 118 valence electrons. The van der Waals surface area contributed by atoms with E-state index in [2.05, 4.69) is 10.1 Å². The van der Waals surface area contributed by atoms with Crippen LogP contribution in [0.3, 0.4) is 0 Å². The maximum atomic E-state index is 11.9. The maximum absolute atomic E-state index is 11.9. The minimum absolute atomic E-state index is 0.0159. The molecule has 0 saturated carbocycles. The van der Waals surface area contributed by atoms with E-state index < -0.39 is 5.97 Å². The van der Waals surface area contributed by atoms with Gasteiger partial charge in [0.1, 0.15) is 0 Å². The number of carbonyl (C=O) groups is 3. The number of rotatable bonds is 8. The average Bonchev–Trinajstić information content (AvgIpc) is 2.85. The van der Waals surface area contributed by atoms with E-state index in [0.29, 0.717) is 32.7 Å². The molecule has 0 aromatic heterocycles. The van der Waals surface area contributed by atoms with E-state index in [1.54, 1.807) is 18.1 Å². The topological polar surface area (TPSA) is 84.9 Å². The predicted octanol–water partition coefficient (Wildman–Crippen LogP) is -0.283. The maximum Gasteiger partial charge on any atom is 0.330 e. The van der Waals surface area contributed by atoms with Gasteiger partial charge in [-0.05, 0) is 6.42 Å². The first-order valence-electron chi connectivity index (χ1n) is 6.87. The summed E-state index contributed by atoms with van der Waals surface area (Å²) in [5, 5.41) is 2.76. The third-order valence-electron chi connectivity index (χ3n) is 3.22. The molecule has 1 rings (SSSR count). The number of hydrogen-bond acceptors (Lipinski definition) is 5. The van der Waals surface area contributed by atoms with Crippen molar-refractivity contribution in [3.63, 3.8) is 0 Å². The minimum atomic E-state index is -0.420. The van der Waals surface area contributed by atoms with Crippen LogP contribution in [-0.2, 0) is 23.9 Å². The second-order valence-corrected chi connectivity index (χ2v) is 4.74. The second-order valence-electron chi connectivity index (χ2n) is 4.74. The first-order chi connectivity index (χ1) is 10.1. The number of ether oxygens (including phenoxy) is 2. The summed E-state index contributed by atoms with van der Waals surface area (Å²) in [5.74, 6) is -0.872. The third-order valence-corrected chi connectivity index (χ3v) is 3.22. The largest absolute Gasteiger partial charge is 0.466 e. The molecule has 1 aliphatic rings. The van der Waals surface area contributed by atoms with E-state index in [1.165, 1.54) is 13.2 Å². The van der Waals surface area contributed by atoms with Gasteiger partial charge in [-0.2, -0.15) is 0 Å². The SMILES string of the molecule is COCCN1CC(C(=O)NCC/C=C/C(=O)OC)CC1=O. The number of amides is 2. The van der Waals surface area contributed by atoms with Gasteiger partial charge in [-0.1, -0.05) is 6.08 Å². The van der Waals surface area contributed by atoms with Gasteiger partial charge in [0.2, 0.25) is 11.8 Å². The van der Waals surface area contributed by atoms with Crippen molar-refractivity contribution in [3.05, 3.63) is 12.2 Å². The third kappa shape index (κ3) is 5.95. The van der Waals surface area contributed by atoms with Crippen LogP contribution in [0.25, 0.3) is 0 Å². The summed E-state index contributed by atoms with van der Waals surface area (Å²) < 4.78 is 9.38. The quantitative estimate of drug-likeness (QED) is 0.378. The van der Waals surface area contributed by atoms with Crippen LogP contribution < -0.4 is 5.32 Å². The molecule has 1 unspecified atom stereocenters. The number of carbonyl (C=O) groups excluding carboxylic acids is 3. The van der Waals surface area contributed by atoms with Crippen molar-refractivity contribution in [2.45, 2.75) is 12.8 Å². The molecule has 7 nitrogen and oxygen atoms in total. The molecule has 1 heterocycles. The zero-order valence-electron chi connectivity index (χ0n) is 12.5. The molecular weight excluding hydrogens is 276 g/mol. The zero-order chi connectivity index (χ0) is 15.7. The monoisotopic (exact) mass is 298 g/mol. The van der Waals surface area contributed by atoms with Gasteiger partial charge < -0.3 is 19.7 Å². The Hall–Kier alpha value is -1.89. The molecular formula is C14H22N2O5. The lowest BCUT2D eigenvalue weighted by Gasteiger charge is -2.15. The minimum Gasteiger partial charge on any atom is -0.466 e. The van der Waals surface area contributed by atoms with E-state index >= 15 is 0 Å². The van der Waals surface area contributed by atoms with Crippen LogP contribution in [-0.4, -0.2) is 63.1 Å². The van der Waals surface area contributed by atoms with Crippen LogP contribution in [0.15, 0.2) is 12.2 Å². The Morgan fingerprint density at radius 1 is 1.43 bits per heavy atom. The normalized spacial score (nSPS) is 18.3. The van der Waals surface area contributed by atoms with Gasteiger partial charge in [-0.3, -0.25) is 9.59 Å². The summed E-state index contributed by atoms with van der Waals surface area (Å²) in [7, 11) is 2.88. The lowest BCUT2D eigenvalue weighted by molar-refractivity contribution is -0.134. The van der Waals surface area contributed by atoms with Gasteiger partial charge in [0.15, 0.2) is 0 Å². The van der Waals surface area contributed by atoms with Gasteiger partial charge in [0.05, 0.1) is 19.6 Å². The number of esters is 1. The fourth-order valence-electron chi connectivity index (χ4n) is 2.04. The summed E-state index contributed by atoms with van der Waals surface area (Å²) in [5.41, 5.74) is 0. The summed E-state index contributed by atoms with van der Waals surface area (Å²) in [4.78, 5) is 36.1. The van der Waals surface area contributed by atoms with Crippen molar-refractivity contribution >= 4 is 17.8 Å². The zero-order valence-corrected chi connectivity index (χ0v) is 12.5. The second kappa shape index (κ2) is 9.12. The molecule has 1 aliphatic heterocycles. The summed E-state index contributed by atoms with van der Waals surface area (Å²) in [6.07, 6.45) is 3.73. The van der Waals surface area contributed by atoms with Crippen molar-refractivity contribution < 1.29 is 23.9 Å². The van der Waals surface area contributed by atoms with Gasteiger partial charge in [-0.25, -0.2) is 4.79 Å². The number of hydrogen-bond donors (Lipinski definition) is 1. The molecule has 1 fully saturated rings. The molecule has 0 spiro atoms. The van der Waals surface area contributed by atoms with Crippen molar-refractivity contribution in [1.29, 1.82) is 0 Å². The Morgan fingerprint density at radius 3 is 2.86 bits per heavy atom. The number of nitrogens with one attached hydrogen (secondary N) is 1. The Bertz CT molecular complexity index is 408. The fourth-order valence-corrected chi connectivity index (χ4v) is 2.04. The van der Waals surface area contributed by atoms with Gasteiger partial charge >= 0.3 is 5.97 Å². The molecule has 0 aromatic carbocycles. The Morgan fingerprint density at radius 2 is 2.19 bits per heavy atom. The summed E-state index contributed by atoms with van der Waals surface area (Å²) in [6.45, 7) is 1.85. The van der Waals surface area contributed by atoms with Gasteiger partial charge in [0.25, 0.3) is 0 Å². The van der Waals surface area contributed by atoms with Crippen LogP contribution in [0, 0.1) is 5.92 Å². The molecule has 21 heavy (non-hydrogen) atoms. The highest BCUT2D eigenvalue weighted by Crippen LogP contribution is 2.17. The average molecular weight is 298 g/mol. The highest BCUT2D eigenvalue weighted by molar-refractivity contribution is 5.89. The van der Waals surface area contributed by atoms with E-state index in [0.717, 1.165) is 0 Å². The van der Waals surface area contributed by atoms with Crippen LogP contribution in [0.4, 0.5) is 0 Å². The molecule has 0 radical (unpaired) electrons. The Labute approximate surface area is 124 Å². The Kier molecular flexibility index (Phi) is 7.45. The van der Waals surface area contributed by atoms with Crippen molar-refractivity contribution in [1.82, 2.24) is 10.2 Å². The molecule has 1 atom stereocenters. The molecule has 0 aliphatic carbocycles. The summed E-state index contributed by atoms with van der Waals surface area (Å²) >= 11 is 0. The number of likely N-dealkylation sites (tertiary alicyclic amines) is 1. The lowest BCUT2D eigenvalue weighted by atomic mass is 10.1. The van der Waals surface area contributed by atoms with E-state index in [-0.39, 0.29) is 24.2 Å². The Balaban J connectivity index is 2.25. The standard InChI is InChI=1S/C14H22N2O5/c1-20-8-7-16-10-11(9-12(16)17)14(19)15-6-4-3-5-13(18)21-2/h3,5,11H,4,6-10H2,1-2H3,(H,15,19)/b5-3+. The fraction of sp³-hybridized carbons (Fsp3) is 0.643. The smallest absolute Gasteiger partial charge is 0.330 e. The predicted molar refractivity (Wildman–Crippen MR) is 75.3 cm³/mol. The van der Waals surface area contributed by atoms with Crippen LogP contribution in [0.1, 0.15) is 12.8 Å². The van der Waals surface area contributed by atoms with Crippen LogP contribution in [0.5, 0.6) is 0 Å². The van der Waals surface area contributed by atoms with E-state index in [9.17, 15) is 14.4 Å². The highest BCUT2D eigenvalue weighted by atomic mass is 16.5. The van der Waals surface area contributed by atoms with Crippen molar-refractivity contribution in [3.8, 4) is 0 Å². The van der Waals surface area contributed by atoms with E-state index in [4.69, 9.17) is 4.74 Å². The van der Waals surface area contributed by atoms with E-state index in [1.807, 2.05) is 0 Å². The molecule has 1 saturated heterocycles.